The molecule has 1 N–H and O–H groups in total. The van der Waals surface area contributed by atoms with Gasteiger partial charge in [-0.2, -0.15) is 13.2 Å². The number of alkyl halides is 3. The van der Waals surface area contributed by atoms with Crippen LogP contribution < -0.4 is 5.32 Å². The number of hydrogen-bond acceptors (Lipinski definition) is 2. The van der Waals surface area contributed by atoms with Gasteiger partial charge in [0, 0.05) is 11.1 Å². The zero-order valence-electron chi connectivity index (χ0n) is 10.2. The van der Waals surface area contributed by atoms with Gasteiger partial charge in [0.1, 0.15) is 0 Å². The van der Waals surface area contributed by atoms with Gasteiger partial charge in [-0.25, -0.2) is 0 Å². The minimum absolute atomic E-state index is 0.119. The predicted octanol–water partition coefficient (Wildman–Crippen LogP) is 5.09. The molecule has 0 spiro atoms. The zero-order chi connectivity index (χ0) is 14.9. The quantitative estimate of drug-likeness (QED) is 0.790. The van der Waals surface area contributed by atoms with Crippen molar-refractivity contribution >= 4 is 38.9 Å². The highest BCUT2D eigenvalue weighted by atomic mass is 79.9. The lowest BCUT2D eigenvalue weighted by Crippen LogP contribution is -2.13. The number of aryl methyl sites for hydroxylation is 1. The molecule has 1 aromatic carbocycles. The molecule has 2 rings (SSSR count). The summed E-state index contributed by atoms with van der Waals surface area (Å²) in [6.07, 6.45) is -4.43. The van der Waals surface area contributed by atoms with E-state index in [1.807, 2.05) is 0 Å². The first-order chi connectivity index (χ1) is 9.27. The molecule has 2 nitrogen and oxygen atoms in total. The molecule has 1 aromatic heterocycles. The van der Waals surface area contributed by atoms with Gasteiger partial charge in [0.25, 0.3) is 5.91 Å². The lowest BCUT2D eigenvalue weighted by Gasteiger charge is -2.12. The summed E-state index contributed by atoms with van der Waals surface area (Å²) in [5, 5.41) is 4.08. The Hall–Kier alpha value is -1.34. The number of benzene rings is 1. The fourth-order valence-corrected chi connectivity index (χ4v) is 2.77. The van der Waals surface area contributed by atoms with E-state index < -0.39 is 17.6 Å². The lowest BCUT2D eigenvalue weighted by atomic mass is 10.1. The standard InChI is InChI=1S/C13H9BrF3NOS/c1-7-2-3-9(5-10(7)13(15,16)17)18-12(19)8-4-11(14)20-6-8/h2-6H,1H3,(H,18,19). The van der Waals surface area contributed by atoms with Crippen molar-refractivity contribution in [2.45, 2.75) is 13.1 Å². The van der Waals surface area contributed by atoms with Crippen LogP contribution in [-0.4, -0.2) is 5.91 Å². The summed E-state index contributed by atoms with van der Waals surface area (Å²) in [6.45, 7) is 1.38. The van der Waals surface area contributed by atoms with Crippen LogP contribution in [0.25, 0.3) is 0 Å². The van der Waals surface area contributed by atoms with Gasteiger partial charge >= 0.3 is 6.18 Å². The molecule has 0 radical (unpaired) electrons. The van der Waals surface area contributed by atoms with E-state index in [1.54, 1.807) is 11.4 Å². The number of hydrogen-bond donors (Lipinski definition) is 1. The van der Waals surface area contributed by atoms with Gasteiger partial charge in [0.15, 0.2) is 0 Å². The summed E-state index contributed by atoms with van der Waals surface area (Å²) < 4.78 is 39.1. The van der Waals surface area contributed by atoms with E-state index in [0.29, 0.717) is 5.56 Å². The van der Waals surface area contributed by atoms with Gasteiger partial charge in [-0.05, 0) is 46.6 Å². The number of halogens is 4. The maximum atomic E-state index is 12.8. The van der Waals surface area contributed by atoms with Crippen LogP contribution in [0.15, 0.2) is 33.4 Å². The summed E-state index contributed by atoms with van der Waals surface area (Å²) in [5.41, 5.74) is -0.109. The molecule has 20 heavy (non-hydrogen) atoms. The molecule has 0 fully saturated rings. The minimum Gasteiger partial charge on any atom is -0.322 e. The van der Waals surface area contributed by atoms with Crippen LogP contribution >= 0.6 is 27.3 Å². The molecule has 2 aromatic rings. The molecule has 1 amide bonds. The molecular weight excluding hydrogens is 355 g/mol. The normalized spacial score (nSPS) is 11.4. The third kappa shape index (κ3) is 3.40. The molecule has 0 bridgehead atoms. The van der Waals surface area contributed by atoms with Crippen molar-refractivity contribution in [1.29, 1.82) is 0 Å². The Morgan fingerprint density at radius 3 is 2.55 bits per heavy atom. The smallest absolute Gasteiger partial charge is 0.322 e. The van der Waals surface area contributed by atoms with Gasteiger partial charge < -0.3 is 5.32 Å². The molecule has 0 aliphatic rings. The Morgan fingerprint density at radius 1 is 1.30 bits per heavy atom. The van der Waals surface area contributed by atoms with Gasteiger partial charge in [-0.15, -0.1) is 11.3 Å². The number of rotatable bonds is 2. The molecule has 0 saturated heterocycles. The molecule has 0 atom stereocenters. The third-order valence-corrected chi connectivity index (χ3v) is 4.13. The van der Waals surface area contributed by atoms with Crippen molar-refractivity contribution in [2.24, 2.45) is 0 Å². The zero-order valence-corrected chi connectivity index (χ0v) is 12.6. The first kappa shape index (κ1) is 15.1. The maximum absolute atomic E-state index is 12.8. The minimum atomic E-state index is -4.43. The number of nitrogens with one attached hydrogen (secondary N) is 1. The highest BCUT2D eigenvalue weighted by Gasteiger charge is 2.32. The van der Waals surface area contributed by atoms with Crippen molar-refractivity contribution in [3.8, 4) is 0 Å². The van der Waals surface area contributed by atoms with E-state index in [-0.39, 0.29) is 11.3 Å². The van der Waals surface area contributed by atoms with Crippen molar-refractivity contribution in [3.63, 3.8) is 0 Å². The van der Waals surface area contributed by atoms with Crippen LogP contribution in [0, 0.1) is 6.92 Å². The number of anilines is 1. The van der Waals surface area contributed by atoms with Crippen molar-refractivity contribution in [3.05, 3.63) is 50.1 Å². The number of carbonyl (C=O) groups is 1. The van der Waals surface area contributed by atoms with Gasteiger partial charge in [-0.3, -0.25) is 4.79 Å². The van der Waals surface area contributed by atoms with Gasteiger partial charge in [-0.1, -0.05) is 6.07 Å². The van der Waals surface area contributed by atoms with Crippen LogP contribution in [0.3, 0.4) is 0 Å². The Bertz CT molecular complexity index is 651. The van der Waals surface area contributed by atoms with E-state index >= 15 is 0 Å². The van der Waals surface area contributed by atoms with Crippen LogP contribution in [0.2, 0.25) is 0 Å². The average Bonchev–Trinajstić information content (AvgIpc) is 2.77. The monoisotopic (exact) mass is 363 g/mol. The second kappa shape index (κ2) is 5.57. The van der Waals surface area contributed by atoms with Gasteiger partial charge in [0.2, 0.25) is 0 Å². The summed E-state index contributed by atoms with van der Waals surface area (Å²) in [7, 11) is 0. The molecular formula is C13H9BrF3NOS. The highest BCUT2D eigenvalue weighted by molar-refractivity contribution is 9.11. The third-order valence-electron chi connectivity index (χ3n) is 2.63. The summed E-state index contributed by atoms with van der Waals surface area (Å²) in [4.78, 5) is 11.9. The van der Waals surface area contributed by atoms with Crippen molar-refractivity contribution in [1.82, 2.24) is 0 Å². The summed E-state index contributed by atoms with van der Waals surface area (Å²) in [6, 6.07) is 5.33. The fraction of sp³-hybridized carbons (Fsp3) is 0.154. The van der Waals surface area contributed by atoms with E-state index in [1.165, 1.54) is 30.4 Å². The first-order valence-electron chi connectivity index (χ1n) is 5.50. The number of thiophene rings is 1. The summed E-state index contributed by atoms with van der Waals surface area (Å²) >= 11 is 4.55. The molecule has 1 heterocycles. The Labute approximate surface area is 125 Å². The Kier molecular flexibility index (Phi) is 4.19. The Balaban J connectivity index is 2.24. The number of amides is 1. The van der Waals surface area contributed by atoms with E-state index in [0.717, 1.165) is 9.85 Å². The molecule has 0 aliphatic heterocycles. The maximum Gasteiger partial charge on any atom is 0.416 e. The lowest BCUT2D eigenvalue weighted by molar-refractivity contribution is -0.138. The van der Waals surface area contributed by atoms with Crippen molar-refractivity contribution < 1.29 is 18.0 Å². The SMILES string of the molecule is Cc1ccc(NC(=O)c2csc(Br)c2)cc1C(F)(F)F. The van der Waals surface area contributed by atoms with Crippen LogP contribution in [0.5, 0.6) is 0 Å². The van der Waals surface area contributed by atoms with E-state index in [4.69, 9.17) is 0 Å². The average molecular weight is 364 g/mol. The first-order valence-corrected chi connectivity index (χ1v) is 7.18. The van der Waals surface area contributed by atoms with Crippen molar-refractivity contribution in [2.75, 3.05) is 5.32 Å². The second-order valence-electron chi connectivity index (χ2n) is 4.12. The molecule has 7 heteroatoms. The topological polar surface area (TPSA) is 29.1 Å². The van der Waals surface area contributed by atoms with E-state index in [9.17, 15) is 18.0 Å². The highest BCUT2D eigenvalue weighted by Crippen LogP contribution is 2.33. The predicted molar refractivity (Wildman–Crippen MR) is 76.2 cm³/mol. The van der Waals surface area contributed by atoms with E-state index in [2.05, 4.69) is 21.2 Å². The largest absolute Gasteiger partial charge is 0.416 e. The second-order valence-corrected chi connectivity index (χ2v) is 6.41. The fourth-order valence-electron chi connectivity index (χ4n) is 1.64. The van der Waals surface area contributed by atoms with Crippen LogP contribution in [0.1, 0.15) is 21.5 Å². The Morgan fingerprint density at radius 2 is 2.00 bits per heavy atom. The molecule has 106 valence electrons. The van der Waals surface area contributed by atoms with Crippen LogP contribution in [0.4, 0.5) is 18.9 Å². The molecule has 0 aliphatic carbocycles. The number of carbonyl (C=O) groups excluding carboxylic acids is 1. The van der Waals surface area contributed by atoms with Gasteiger partial charge in [0.05, 0.1) is 14.9 Å². The molecule has 0 unspecified atom stereocenters. The molecule has 0 saturated carbocycles. The van der Waals surface area contributed by atoms with Crippen LogP contribution in [-0.2, 0) is 6.18 Å². The summed E-state index contributed by atoms with van der Waals surface area (Å²) in [5.74, 6) is -0.441.